The molecule has 1 aliphatic carbocycles. The maximum Gasteiger partial charge on any atom is 0.0332 e. The third-order valence-corrected chi connectivity index (χ3v) is 6.62. The molecule has 3 nitrogen and oxygen atoms in total. The minimum absolute atomic E-state index is 0.298. The van der Waals surface area contributed by atoms with Gasteiger partial charge in [-0.25, -0.2) is 0 Å². The summed E-state index contributed by atoms with van der Waals surface area (Å²) in [5.74, 6) is 0. The summed E-state index contributed by atoms with van der Waals surface area (Å²) in [5.41, 5.74) is 7.17. The summed E-state index contributed by atoms with van der Waals surface area (Å²) in [7, 11) is 0. The van der Waals surface area contributed by atoms with E-state index in [1.165, 1.54) is 77.5 Å². The molecule has 2 N–H and O–H groups in total. The Bertz CT molecular complexity index is 354. The molecule has 122 valence electrons. The van der Waals surface area contributed by atoms with E-state index in [-0.39, 0.29) is 0 Å². The summed E-state index contributed by atoms with van der Waals surface area (Å²) < 4.78 is 0. The standard InChI is InChI=1S/C18H35N3/c1-17(2)7-4-8-18(15-19,10-9-17)21-13-5-12-20-11-3-6-16(20)14-21/h16H,3-15,19H2,1-2H3. The molecule has 3 heteroatoms. The first-order chi connectivity index (χ1) is 10.0. The van der Waals surface area contributed by atoms with Crippen molar-refractivity contribution in [2.24, 2.45) is 11.1 Å². The quantitative estimate of drug-likeness (QED) is 0.795. The fourth-order valence-electron chi connectivity index (χ4n) is 5.00. The smallest absolute Gasteiger partial charge is 0.0332 e. The van der Waals surface area contributed by atoms with Crippen LogP contribution in [-0.2, 0) is 0 Å². The molecule has 0 aromatic rings. The zero-order chi connectivity index (χ0) is 14.9. The lowest BCUT2D eigenvalue weighted by Gasteiger charge is -2.44. The topological polar surface area (TPSA) is 32.5 Å². The van der Waals surface area contributed by atoms with Crippen molar-refractivity contribution in [3.8, 4) is 0 Å². The number of rotatable bonds is 2. The summed E-state index contributed by atoms with van der Waals surface area (Å²) in [6.07, 6.45) is 10.8. The van der Waals surface area contributed by atoms with E-state index in [1.54, 1.807) is 0 Å². The van der Waals surface area contributed by atoms with E-state index in [2.05, 4.69) is 23.6 Å². The van der Waals surface area contributed by atoms with Gasteiger partial charge < -0.3 is 5.73 Å². The molecule has 0 aromatic carbocycles. The van der Waals surface area contributed by atoms with Gasteiger partial charge in [-0.1, -0.05) is 20.3 Å². The van der Waals surface area contributed by atoms with Crippen LogP contribution >= 0.6 is 0 Å². The van der Waals surface area contributed by atoms with Crippen LogP contribution in [0.5, 0.6) is 0 Å². The molecular formula is C18H35N3. The molecule has 2 unspecified atom stereocenters. The second kappa shape index (κ2) is 6.17. The number of hydrogen-bond donors (Lipinski definition) is 1. The Morgan fingerprint density at radius 1 is 0.952 bits per heavy atom. The second-order valence-corrected chi connectivity index (χ2v) is 8.58. The summed E-state index contributed by atoms with van der Waals surface area (Å²) in [6, 6.07) is 0.812. The first-order valence-corrected chi connectivity index (χ1v) is 9.24. The summed E-state index contributed by atoms with van der Waals surface area (Å²) in [5, 5.41) is 0. The van der Waals surface area contributed by atoms with E-state index in [9.17, 15) is 0 Å². The van der Waals surface area contributed by atoms with Crippen LogP contribution in [0.2, 0.25) is 0 Å². The van der Waals surface area contributed by atoms with Gasteiger partial charge in [0.2, 0.25) is 0 Å². The highest BCUT2D eigenvalue weighted by molar-refractivity contribution is 4.99. The van der Waals surface area contributed by atoms with Crippen molar-refractivity contribution in [1.82, 2.24) is 9.80 Å². The molecule has 3 rings (SSSR count). The lowest BCUT2D eigenvalue weighted by molar-refractivity contribution is 0.0674. The first kappa shape index (κ1) is 15.8. The maximum absolute atomic E-state index is 6.36. The van der Waals surface area contributed by atoms with E-state index in [4.69, 9.17) is 5.73 Å². The van der Waals surface area contributed by atoms with Crippen molar-refractivity contribution in [3.05, 3.63) is 0 Å². The zero-order valence-electron chi connectivity index (χ0n) is 14.2. The largest absolute Gasteiger partial charge is 0.329 e. The van der Waals surface area contributed by atoms with Crippen molar-refractivity contribution >= 4 is 0 Å². The SMILES string of the molecule is CC1(C)CCCC(CN)(N2CCCN3CCCC3C2)CC1. The number of hydrogen-bond acceptors (Lipinski definition) is 3. The maximum atomic E-state index is 6.36. The molecule has 2 aliphatic heterocycles. The Morgan fingerprint density at radius 2 is 1.76 bits per heavy atom. The Hall–Kier alpha value is -0.120. The molecule has 0 spiro atoms. The van der Waals surface area contributed by atoms with Crippen LogP contribution in [0.3, 0.4) is 0 Å². The van der Waals surface area contributed by atoms with E-state index in [0.717, 1.165) is 12.6 Å². The van der Waals surface area contributed by atoms with Crippen LogP contribution in [0.15, 0.2) is 0 Å². The monoisotopic (exact) mass is 293 g/mol. The minimum Gasteiger partial charge on any atom is -0.329 e. The highest BCUT2D eigenvalue weighted by atomic mass is 15.3. The van der Waals surface area contributed by atoms with Crippen LogP contribution < -0.4 is 5.73 Å². The predicted molar refractivity (Wildman–Crippen MR) is 89.4 cm³/mol. The highest BCUT2D eigenvalue weighted by Crippen LogP contribution is 2.41. The van der Waals surface area contributed by atoms with Crippen molar-refractivity contribution in [2.45, 2.75) is 76.8 Å². The third kappa shape index (κ3) is 3.30. The first-order valence-electron chi connectivity index (χ1n) is 9.24. The van der Waals surface area contributed by atoms with E-state index >= 15 is 0 Å². The molecule has 0 amide bonds. The predicted octanol–water partition coefficient (Wildman–Crippen LogP) is 2.84. The second-order valence-electron chi connectivity index (χ2n) is 8.58. The van der Waals surface area contributed by atoms with Crippen LogP contribution in [-0.4, -0.2) is 54.1 Å². The lowest BCUT2D eigenvalue weighted by atomic mass is 9.82. The lowest BCUT2D eigenvalue weighted by Crippen LogP contribution is -2.56. The molecule has 2 saturated heterocycles. The zero-order valence-corrected chi connectivity index (χ0v) is 14.2. The van der Waals surface area contributed by atoms with Gasteiger partial charge in [-0.15, -0.1) is 0 Å². The van der Waals surface area contributed by atoms with E-state index in [0.29, 0.717) is 11.0 Å². The van der Waals surface area contributed by atoms with Crippen LogP contribution in [0.1, 0.15) is 65.2 Å². The van der Waals surface area contributed by atoms with Gasteiger partial charge in [0.1, 0.15) is 0 Å². The van der Waals surface area contributed by atoms with Crippen molar-refractivity contribution < 1.29 is 0 Å². The molecular weight excluding hydrogens is 258 g/mol. The Kier molecular flexibility index (Phi) is 4.63. The molecule has 3 fully saturated rings. The van der Waals surface area contributed by atoms with E-state index < -0.39 is 0 Å². The molecule has 21 heavy (non-hydrogen) atoms. The average molecular weight is 293 g/mol. The van der Waals surface area contributed by atoms with Crippen LogP contribution in [0.25, 0.3) is 0 Å². The van der Waals surface area contributed by atoms with Crippen molar-refractivity contribution in [2.75, 3.05) is 32.7 Å². The van der Waals surface area contributed by atoms with Crippen LogP contribution in [0, 0.1) is 5.41 Å². The van der Waals surface area contributed by atoms with Gasteiger partial charge in [0.15, 0.2) is 0 Å². The molecule has 2 atom stereocenters. The number of nitrogens with two attached hydrogens (primary N) is 1. The van der Waals surface area contributed by atoms with Crippen molar-refractivity contribution in [1.29, 1.82) is 0 Å². The normalized spacial score (nSPS) is 38.7. The van der Waals surface area contributed by atoms with Crippen molar-refractivity contribution in [3.63, 3.8) is 0 Å². The van der Waals surface area contributed by atoms with Gasteiger partial charge in [0.05, 0.1) is 0 Å². The average Bonchev–Trinajstić information content (AvgIpc) is 2.70. The summed E-state index contributed by atoms with van der Waals surface area (Å²) in [4.78, 5) is 5.56. The molecule has 1 saturated carbocycles. The molecule has 2 heterocycles. The Balaban J connectivity index is 1.74. The fourth-order valence-corrected chi connectivity index (χ4v) is 5.00. The van der Waals surface area contributed by atoms with Gasteiger partial charge in [0.25, 0.3) is 0 Å². The Morgan fingerprint density at radius 3 is 2.57 bits per heavy atom. The van der Waals surface area contributed by atoms with Gasteiger partial charge in [-0.05, 0) is 63.5 Å². The minimum atomic E-state index is 0.298. The Labute approximate surface area is 131 Å². The third-order valence-electron chi connectivity index (χ3n) is 6.62. The molecule has 3 aliphatic rings. The van der Waals surface area contributed by atoms with Gasteiger partial charge in [-0.2, -0.15) is 0 Å². The van der Waals surface area contributed by atoms with Gasteiger partial charge in [0, 0.05) is 31.2 Å². The van der Waals surface area contributed by atoms with Gasteiger partial charge in [-0.3, -0.25) is 9.80 Å². The molecule has 0 bridgehead atoms. The summed E-state index contributed by atoms with van der Waals surface area (Å²) in [6.45, 7) is 10.9. The number of fused-ring (bicyclic) bond motifs is 1. The highest BCUT2D eigenvalue weighted by Gasteiger charge is 2.41. The van der Waals surface area contributed by atoms with E-state index in [1.807, 2.05) is 0 Å². The van der Waals surface area contributed by atoms with Gasteiger partial charge >= 0.3 is 0 Å². The fraction of sp³-hybridized carbons (Fsp3) is 1.00. The summed E-state index contributed by atoms with van der Waals surface area (Å²) >= 11 is 0. The number of nitrogens with zero attached hydrogens (tertiary/aromatic N) is 2. The molecule has 0 radical (unpaired) electrons. The molecule has 0 aromatic heterocycles. The van der Waals surface area contributed by atoms with Crippen LogP contribution in [0.4, 0.5) is 0 Å².